The Balaban J connectivity index is 3.59. The SMILES string of the molecule is O=Cc1c(C(=O)CBr)ccc(F)c1C(F)(F)F. The summed E-state index contributed by atoms with van der Waals surface area (Å²) in [6.07, 6.45) is -5.19. The van der Waals surface area contributed by atoms with Crippen molar-refractivity contribution in [3.63, 3.8) is 0 Å². The van der Waals surface area contributed by atoms with E-state index in [1.54, 1.807) is 0 Å². The van der Waals surface area contributed by atoms with Crippen molar-refractivity contribution >= 4 is 28.0 Å². The van der Waals surface area contributed by atoms with Gasteiger partial charge in [0.1, 0.15) is 11.4 Å². The van der Waals surface area contributed by atoms with Gasteiger partial charge in [0.2, 0.25) is 0 Å². The molecule has 0 aliphatic rings. The zero-order chi connectivity index (χ0) is 13.2. The standard InChI is InChI=1S/C10H5BrF4O2/c11-3-8(17)5-1-2-7(12)9(6(5)4-16)10(13,14)15/h1-2,4H,3H2. The molecule has 0 heterocycles. The van der Waals surface area contributed by atoms with Crippen LogP contribution in [0.3, 0.4) is 0 Å². The van der Waals surface area contributed by atoms with Gasteiger partial charge in [0.05, 0.1) is 5.33 Å². The van der Waals surface area contributed by atoms with Crippen molar-refractivity contribution in [2.24, 2.45) is 0 Å². The lowest BCUT2D eigenvalue weighted by Crippen LogP contribution is -2.16. The number of benzene rings is 1. The van der Waals surface area contributed by atoms with Crippen molar-refractivity contribution in [2.45, 2.75) is 6.18 Å². The molecule has 17 heavy (non-hydrogen) atoms. The number of alkyl halides is 4. The lowest BCUT2D eigenvalue weighted by atomic mass is 9.98. The number of hydrogen-bond donors (Lipinski definition) is 0. The van der Waals surface area contributed by atoms with Crippen LogP contribution < -0.4 is 0 Å². The molecule has 0 aromatic heterocycles. The van der Waals surface area contributed by atoms with Crippen LogP contribution >= 0.6 is 15.9 Å². The molecule has 0 saturated heterocycles. The Labute approximate surface area is 102 Å². The summed E-state index contributed by atoms with van der Waals surface area (Å²) < 4.78 is 50.6. The van der Waals surface area contributed by atoms with E-state index >= 15 is 0 Å². The number of aldehydes is 1. The smallest absolute Gasteiger partial charge is 0.298 e. The van der Waals surface area contributed by atoms with E-state index in [-0.39, 0.29) is 11.6 Å². The number of carbonyl (C=O) groups is 2. The highest BCUT2D eigenvalue weighted by molar-refractivity contribution is 9.09. The molecule has 0 spiro atoms. The Morgan fingerprint density at radius 3 is 2.35 bits per heavy atom. The van der Waals surface area contributed by atoms with Crippen LogP contribution in [-0.4, -0.2) is 17.4 Å². The quantitative estimate of drug-likeness (QED) is 0.372. The summed E-state index contributed by atoms with van der Waals surface area (Å²) in [5, 5.41) is -0.253. The number of rotatable bonds is 3. The molecule has 7 heteroatoms. The average molecular weight is 313 g/mol. The topological polar surface area (TPSA) is 34.1 Å². The minimum absolute atomic E-state index is 0.165. The minimum Gasteiger partial charge on any atom is -0.298 e. The molecule has 0 saturated carbocycles. The highest BCUT2D eigenvalue weighted by atomic mass is 79.9. The minimum atomic E-state index is -5.02. The van der Waals surface area contributed by atoms with Crippen molar-refractivity contribution in [1.29, 1.82) is 0 Å². The summed E-state index contributed by atoms with van der Waals surface area (Å²) in [6, 6.07) is 1.38. The number of carbonyl (C=O) groups excluding carboxylic acids is 2. The molecule has 0 unspecified atom stereocenters. The lowest BCUT2D eigenvalue weighted by Gasteiger charge is -2.12. The fourth-order valence-corrected chi connectivity index (χ4v) is 1.62. The van der Waals surface area contributed by atoms with Gasteiger partial charge in [-0.05, 0) is 12.1 Å². The monoisotopic (exact) mass is 312 g/mol. The third kappa shape index (κ3) is 2.71. The molecule has 2 nitrogen and oxygen atoms in total. The van der Waals surface area contributed by atoms with Gasteiger partial charge in [0, 0.05) is 11.1 Å². The summed E-state index contributed by atoms with van der Waals surface area (Å²) in [5.74, 6) is -2.30. The molecule has 0 aliphatic heterocycles. The molecule has 0 bridgehead atoms. The Hall–Kier alpha value is -1.24. The first-order valence-corrected chi connectivity index (χ1v) is 5.39. The molecule has 1 aromatic carbocycles. The van der Waals surface area contributed by atoms with Crippen molar-refractivity contribution in [3.8, 4) is 0 Å². The maximum atomic E-state index is 13.1. The second-order valence-electron chi connectivity index (χ2n) is 3.06. The number of hydrogen-bond acceptors (Lipinski definition) is 2. The third-order valence-electron chi connectivity index (χ3n) is 2.02. The normalized spacial score (nSPS) is 11.4. The van der Waals surface area contributed by atoms with E-state index in [0.29, 0.717) is 6.07 Å². The summed E-state index contributed by atoms with van der Waals surface area (Å²) >= 11 is 2.77. The van der Waals surface area contributed by atoms with Crippen LogP contribution in [0.1, 0.15) is 26.3 Å². The first kappa shape index (κ1) is 13.8. The number of ketones is 1. The second-order valence-corrected chi connectivity index (χ2v) is 3.62. The van der Waals surface area contributed by atoms with E-state index in [4.69, 9.17) is 0 Å². The molecular formula is C10H5BrF4O2. The molecule has 1 rings (SSSR count). The van der Waals surface area contributed by atoms with Gasteiger partial charge >= 0.3 is 6.18 Å². The highest BCUT2D eigenvalue weighted by Crippen LogP contribution is 2.35. The van der Waals surface area contributed by atoms with Crippen LogP contribution in [0, 0.1) is 5.82 Å². The molecule has 1 aromatic rings. The van der Waals surface area contributed by atoms with Crippen LogP contribution in [0.2, 0.25) is 0 Å². The van der Waals surface area contributed by atoms with Gasteiger partial charge in [0.15, 0.2) is 12.1 Å². The average Bonchev–Trinajstić information content (AvgIpc) is 2.25. The summed E-state index contributed by atoms with van der Waals surface area (Å²) in [5.41, 5.74) is -3.13. The summed E-state index contributed by atoms with van der Waals surface area (Å²) in [7, 11) is 0. The fourth-order valence-electron chi connectivity index (χ4n) is 1.32. The molecular weight excluding hydrogens is 308 g/mol. The molecule has 92 valence electrons. The maximum absolute atomic E-state index is 13.1. The van der Waals surface area contributed by atoms with Gasteiger partial charge in [-0.1, -0.05) is 15.9 Å². The third-order valence-corrected chi connectivity index (χ3v) is 2.53. The van der Waals surface area contributed by atoms with Crippen LogP contribution in [0.25, 0.3) is 0 Å². The Morgan fingerprint density at radius 2 is 1.94 bits per heavy atom. The van der Waals surface area contributed by atoms with Crippen molar-refractivity contribution in [3.05, 3.63) is 34.6 Å². The van der Waals surface area contributed by atoms with E-state index in [2.05, 4.69) is 15.9 Å². The van der Waals surface area contributed by atoms with Gasteiger partial charge in [-0.25, -0.2) is 4.39 Å². The predicted octanol–water partition coefficient (Wildman–Crippen LogP) is 3.23. The Kier molecular flexibility index (Phi) is 4.03. The van der Waals surface area contributed by atoms with E-state index < -0.39 is 34.5 Å². The van der Waals surface area contributed by atoms with Crippen molar-refractivity contribution in [1.82, 2.24) is 0 Å². The van der Waals surface area contributed by atoms with Crippen LogP contribution in [-0.2, 0) is 6.18 Å². The summed E-state index contributed by atoms with van der Waals surface area (Å²) in [4.78, 5) is 21.9. The molecule has 0 fully saturated rings. The van der Waals surface area contributed by atoms with Crippen LogP contribution in [0.5, 0.6) is 0 Å². The Bertz CT molecular complexity index is 468. The van der Waals surface area contributed by atoms with Gasteiger partial charge < -0.3 is 0 Å². The maximum Gasteiger partial charge on any atom is 0.419 e. The molecule has 0 radical (unpaired) electrons. The van der Waals surface area contributed by atoms with Gasteiger partial charge in [-0.3, -0.25) is 9.59 Å². The van der Waals surface area contributed by atoms with E-state index in [9.17, 15) is 27.2 Å². The predicted molar refractivity (Wildman–Crippen MR) is 54.9 cm³/mol. The second kappa shape index (κ2) is 4.95. The van der Waals surface area contributed by atoms with E-state index in [1.165, 1.54) is 0 Å². The van der Waals surface area contributed by atoms with Crippen molar-refractivity contribution < 1.29 is 27.2 Å². The van der Waals surface area contributed by atoms with Crippen LogP contribution in [0.15, 0.2) is 12.1 Å². The first-order chi connectivity index (χ1) is 7.82. The van der Waals surface area contributed by atoms with Crippen LogP contribution in [0.4, 0.5) is 17.6 Å². The zero-order valence-electron chi connectivity index (χ0n) is 8.15. The lowest BCUT2D eigenvalue weighted by molar-refractivity contribution is -0.140. The Morgan fingerprint density at radius 1 is 1.35 bits per heavy atom. The van der Waals surface area contributed by atoms with Gasteiger partial charge in [0.25, 0.3) is 0 Å². The summed E-state index contributed by atoms with van der Waals surface area (Å²) in [6.45, 7) is 0. The molecule has 0 N–H and O–H groups in total. The number of Topliss-reactive ketones (excluding diaryl/α,β-unsaturated/α-hetero) is 1. The zero-order valence-corrected chi connectivity index (χ0v) is 9.73. The number of halogens is 5. The van der Waals surface area contributed by atoms with Gasteiger partial charge in [-0.15, -0.1) is 0 Å². The largest absolute Gasteiger partial charge is 0.419 e. The highest BCUT2D eigenvalue weighted by Gasteiger charge is 2.38. The van der Waals surface area contributed by atoms with E-state index in [0.717, 1.165) is 6.07 Å². The first-order valence-electron chi connectivity index (χ1n) is 4.27. The molecule has 0 aliphatic carbocycles. The van der Waals surface area contributed by atoms with Gasteiger partial charge in [-0.2, -0.15) is 13.2 Å². The molecule has 0 amide bonds. The van der Waals surface area contributed by atoms with Crippen molar-refractivity contribution in [2.75, 3.05) is 5.33 Å². The molecule has 0 atom stereocenters. The van der Waals surface area contributed by atoms with E-state index in [1.807, 2.05) is 0 Å². The fraction of sp³-hybridized carbons (Fsp3) is 0.200.